The Morgan fingerprint density at radius 2 is 1.44 bits per heavy atom. The maximum absolute atomic E-state index is 14.6. The van der Waals surface area contributed by atoms with E-state index >= 15 is 0 Å². The van der Waals surface area contributed by atoms with E-state index in [1.807, 2.05) is 95.3 Å². The summed E-state index contributed by atoms with van der Waals surface area (Å²) in [5.74, 6) is -0.748. The first-order valence-electron chi connectivity index (χ1n) is 15.3. The van der Waals surface area contributed by atoms with Crippen molar-refractivity contribution >= 4 is 27.5 Å². The Morgan fingerprint density at radius 3 is 2.11 bits per heavy atom. The monoisotopic (exact) mass is 625 g/mol. The Morgan fingerprint density at radius 1 is 0.778 bits per heavy atom. The summed E-state index contributed by atoms with van der Waals surface area (Å²) in [4.78, 5) is 30.0. The molecule has 7 nitrogen and oxygen atoms in total. The Labute approximate surface area is 268 Å². The molecule has 0 aliphatic heterocycles. The third-order valence-corrected chi connectivity index (χ3v) is 9.76. The molecule has 0 bridgehead atoms. The van der Waals surface area contributed by atoms with E-state index in [4.69, 9.17) is 0 Å². The average molecular weight is 626 g/mol. The highest BCUT2D eigenvalue weighted by molar-refractivity contribution is 7.92. The number of sulfonamides is 1. The number of rotatable bonds is 13. The Kier molecular flexibility index (Phi) is 11.2. The molecule has 0 fully saturated rings. The van der Waals surface area contributed by atoms with E-state index in [1.165, 1.54) is 9.21 Å². The lowest BCUT2D eigenvalue weighted by Gasteiger charge is -2.34. The number of carbonyl (C=O) groups is 2. The largest absolute Gasteiger partial charge is 0.354 e. The van der Waals surface area contributed by atoms with Crippen molar-refractivity contribution in [1.82, 2.24) is 10.2 Å². The van der Waals surface area contributed by atoms with Gasteiger partial charge in [0.25, 0.3) is 10.0 Å². The van der Waals surface area contributed by atoms with Gasteiger partial charge in [0.1, 0.15) is 12.6 Å². The molecule has 0 aliphatic rings. The molecular formula is C37H43N3O4S. The van der Waals surface area contributed by atoms with Crippen LogP contribution in [0, 0.1) is 27.7 Å². The minimum Gasteiger partial charge on any atom is -0.354 e. The second kappa shape index (κ2) is 15.0. The predicted molar refractivity (Wildman–Crippen MR) is 181 cm³/mol. The van der Waals surface area contributed by atoms with Crippen molar-refractivity contribution in [3.63, 3.8) is 0 Å². The van der Waals surface area contributed by atoms with Gasteiger partial charge in [-0.3, -0.25) is 13.9 Å². The van der Waals surface area contributed by atoms with Gasteiger partial charge in [-0.05, 0) is 74.6 Å². The molecule has 4 aromatic carbocycles. The Hall–Kier alpha value is -4.43. The van der Waals surface area contributed by atoms with Crippen LogP contribution in [0.1, 0.15) is 46.7 Å². The summed E-state index contributed by atoms with van der Waals surface area (Å²) in [7, 11) is -4.15. The van der Waals surface area contributed by atoms with Gasteiger partial charge in [-0.15, -0.1) is 0 Å². The molecule has 4 aromatic rings. The van der Waals surface area contributed by atoms with Gasteiger partial charge in [0, 0.05) is 19.5 Å². The van der Waals surface area contributed by atoms with Crippen LogP contribution in [0.15, 0.2) is 102 Å². The lowest BCUT2D eigenvalue weighted by atomic mass is 10.0. The second-order valence-corrected chi connectivity index (χ2v) is 13.4. The number of amides is 2. The highest BCUT2D eigenvalue weighted by Gasteiger charge is 2.35. The topological polar surface area (TPSA) is 86.8 Å². The van der Waals surface area contributed by atoms with Crippen molar-refractivity contribution in [2.24, 2.45) is 0 Å². The van der Waals surface area contributed by atoms with Crippen molar-refractivity contribution in [3.05, 3.63) is 130 Å². The summed E-state index contributed by atoms with van der Waals surface area (Å²) in [6, 6.07) is 28.5. The minimum absolute atomic E-state index is 0.0913. The van der Waals surface area contributed by atoms with Crippen LogP contribution in [0.4, 0.5) is 5.69 Å². The zero-order chi connectivity index (χ0) is 32.6. The maximum Gasteiger partial charge on any atom is 0.264 e. The second-order valence-electron chi connectivity index (χ2n) is 11.6. The summed E-state index contributed by atoms with van der Waals surface area (Å²) in [6.07, 6.45) is 1.02. The first kappa shape index (κ1) is 33.5. The van der Waals surface area contributed by atoms with Gasteiger partial charge in [-0.25, -0.2) is 8.42 Å². The Bertz CT molecular complexity index is 1720. The molecule has 0 aliphatic carbocycles. The van der Waals surface area contributed by atoms with Crippen molar-refractivity contribution in [2.75, 3.05) is 17.4 Å². The zero-order valence-corrected chi connectivity index (χ0v) is 27.6. The fraction of sp³-hybridized carbons (Fsp3) is 0.297. The van der Waals surface area contributed by atoms with Crippen molar-refractivity contribution < 1.29 is 18.0 Å². The van der Waals surface area contributed by atoms with Gasteiger partial charge in [-0.2, -0.15) is 0 Å². The van der Waals surface area contributed by atoms with E-state index < -0.39 is 28.5 Å². The first-order chi connectivity index (χ1) is 21.5. The average Bonchev–Trinajstić information content (AvgIpc) is 3.02. The Balaban J connectivity index is 1.83. The van der Waals surface area contributed by atoms with Crippen LogP contribution in [0.5, 0.6) is 0 Å². The molecule has 0 spiro atoms. The van der Waals surface area contributed by atoms with Crippen molar-refractivity contribution in [3.8, 4) is 0 Å². The van der Waals surface area contributed by atoms with Crippen LogP contribution in [0.25, 0.3) is 0 Å². The van der Waals surface area contributed by atoms with Crippen LogP contribution in [0.3, 0.4) is 0 Å². The summed E-state index contributed by atoms with van der Waals surface area (Å²) < 4.78 is 29.8. The van der Waals surface area contributed by atoms with E-state index in [2.05, 4.69) is 5.32 Å². The lowest BCUT2D eigenvalue weighted by Crippen LogP contribution is -2.53. The molecule has 1 atom stereocenters. The van der Waals surface area contributed by atoms with Gasteiger partial charge in [0.2, 0.25) is 11.8 Å². The molecule has 4 rings (SSSR count). The number of hydrogen-bond donors (Lipinski definition) is 1. The van der Waals surface area contributed by atoms with Crippen LogP contribution in [-0.4, -0.2) is 44.3 Å². The number of hydrogen-bond acceptors (Lipinski definition) is 4. The quantitative estimate of drug-likeness (QED) is 0.190. The smallest absolute Gasteiger partial charge is 0.264 e. The maximum atomic E-state index is 14.6. The number of aryl methyl sites for hydroxylation is 3. The highest BCUT2D eigenvalue weighted by atomic mass is 32.2. The van der Waals surface area contributed by atoms with Crippen LogP contribution in [-0.2, 0) is 32.6 Å². The molecule has 45 heavy (non-hydrogen) atoms. The lowest BCUT2D eigenvalue weighted by molar-refractivity contribution is -0.140. The normalized spacial score (nSPS) is 11.9. The third-order valence-electron chi connectivity index (χ3n) is 7.99. The van der Waals surface area contributed by atoms with Gasteiger partial charge < -0.3 is 10.2 Å². The predicted octanol–water partition coefficient (Wildman–Crippen LogP) is 6.28. The van der Waals surface area contributed by atoms with Gasteiger partial charge in [0.05, 0.1) is 10.6 Å². The van der Waals surface area contributed by atoms with E-state index in [1.54, 1.807) is 36.4 Å². The van der Waals surface area contributed by atoms with Gasteiger partial charge >= 0.3 is 0 Å². The molecule has 0 radical (unpaired) electrons. The minimum atomic E-state index is -4.15. The van der Waals surface area contributed by atoms with Crippen LogP contribution in [0.2, 0.25) is 0 Å². The molecule has 236 valence electrons. The fourth-order valence-corrected chi connectivity index (χ4v) is 6.76. The third kappa shape index (κ3) is 8.39. The standard InChI is InChI=1S/C37H43N3O4S/c1-6-22-38-37(42)35(24-31-14-8-7-9-15-31)39(25-32-16-10-12-28(3)23-32)36(41)26-40(34-17-11-13-29(4)30(34)5)45(43,44)33-20-18-27(2)19-21-33/h7-21,23,35H,6,22,24-26H2,1-5H3,(H,38,42)/t35-/m1/s1. The number of nitrogens with zero attached hydrogens (tertiary/aromatic N) is 2. The molecular weight excluding hydrogens is 582 g/mol. The van der Waals surface area contributed by atoms with Gasteiger partial charge in [-0.1, -0.05) is 96.9 Å². The number of carbonyl (C=O) groups excluding carboxylic acids is 2. The summed E-state index contributed by atoms with van der Waals surface area (Å²) in [5.41, 5.74) is 5.78. The van der Waals surface area contributed by atoms with E-state index in [0.717, 1.165) is 39.8 Å². The molecule has 2 amide bonds. The molecule has 0 saturated heterocycles. The van der Waals surface area contributed by atoms with E-state index in [-0.39, 0.29) is 23.8 Å². The molecule has 0 saturated carbocycles. The van der Waals surface area contributed by atoms with E-state index in [9.17, 15) is 18.0 Å². The molecule has 0 heterocycles. The summed E-state index contributed by atoms with van der Waals surface area (Å²) in [5, 5.41) is 2.98. The number of benzene rings is 4. The fourth-order valence-electron chi connectivity index (χ4n) is 5.28. The number of anilines is 1. The zero-order valence-electron chi connectivity index (χ0n) is 26.8. The van der Waals surface area contributed by atoms with Crippen molar-refractivity contribution in [1.29, 1.82) is 0 Å². The summed E-state index contributed by atoms with van der Waals surface area (Å²) >= 11 is 0. The van der Waals surface area contributed by atoms with E-state index in [0.29, 0.717) is 12.2 Å². The SMILES string of the molecule is CCCNC(=O)[C@@H](Cc1ccccc1)N(Cc1cccc(C)c1)C(=O)CN(c1cccc(C)c1C)S(=O)(=O)c1ccc(C)cc1. The molecule has 1 N–H and O–H groups in total. The molecule has 8 heteroatoms. The molecule has 0 aromatic heterocycles. The number of nitrogens with one attached hydrogen (secondary N) is 1. The first-order valence-corrected chi connectivity index (χ1v) is 16.8. The van der Waals surface area contributed by atoms with Crippen LogP contribution < -0.4 is 9.62 Å². The highest BCUT2D eigenvalue weighted by Crippen LogP contribution is 2.29. The van der Waals surface area contributed by atoms with Crippen molar-refractivity contribution in [2.45, 2.75) is 64.9 Å². The molecule has 0 unspecified atom stereocenters. The van der Waals surface area contributed by atoms with Gasteiger partial charge in [0.15, 0.2) is 0 Å². The summed E-state index contributed by atoms with van der Waals surface area (Å²) in [6.45, 7) is 9.74. The van der Waals surface area contributed by atoms with Crippen LogP contribution >= 0.6 is 0 Å².